The van der Waals surface area contributed by atoms with Gasteiger partial charge in [-0.25, -0.2) is 5.43 Å². The van der Waals surface area contributed by atoms with E-state index in [9.17, 15) is 4.79 Å². The van der Waals surface area contributed by atoms with Crippen LogP contribution in [0.4, 0.5) is 0 Å². The Morgan fingerprint density at radius 3 is 2.74 bits per heavy atom. The van der Waals surface area contributed by atoms with Crippen LogP contribution >= 0.6 is 22.9 Å². The molecule has 0 saturated carbocycles. The lowest BCUT2D eigenvalue weighted by Crippen LogP contribution is -2.18. The summed E-state index contributed by atoms with van der Waals surface area (Å²) in [5.41, 5.74) is 5.98. The standard InChI is InChI=1S/C18H13ClN2OS/c19-16-13-7-3-4-8-15(13)23-17(16)18(22)21-20-14-10-9-11-5-1-2-6-12(11)14/h1-8H,9-10H2,(H,21,22)/b20-14+. The van der Waals surface area contributed by atoms with E-state index in [1.807, 2.05) is 42.5 Å². The number of carbonyl (C=O) groups excluding carboxylic acids is 1. The van der Waals surface area contributed by atoms with Gasteiger partial charge in [0.25, 0.3) is 5.91 Å². The molecule has 0 spiro atoms. The van der Waals surface area contributed by atoms with Crippen LogP contribution in [-0.4, -0.2) is 11.6 Å². The maximum atomic E-state index is 12.4. The summed E-state index contributed by atoms with van der Waals surface area (Å²) in [5, 5.41) is 5.72. The highest BCUT2D eigenvalue weighted by molar-refractivity contribution is 7.21. The van der Waals surface area contributed by atoms with Gasteiger partial charge < -0.3 is 0 Å². The highest BCUT2D eigenvalue weighted by Gasteiger charge is 2.19. The first-order chi connectivity index (χ1) is 11.2. The van der Waals surface area contributed by atoms with Crippen LogP contribution in [0.5, 0.6) is 0 Å². The molecular weight excluding hydrogens is 328 g/mol. The molecule has 1 heterocycles. The number of aryl methyl sites for hydroxylation is 1. The molecule has 3 nitrogen and oxygen atoms in total. The number of halogens is 1. The van der Waals surface area contributed by atoms with Crippen molar-refractivity contribution < 1.29 is 4.79 Å². The van der Waals surface area contributed by atoms with E-state index in [0.29, 0.717) is 9.90 Å². The Morgan fingerprint density at radius 2 is 1.87 bits per heavy atom. The van der Waals surface area contributed by atoms with Crippen LogP contribution in [0.3, 0.4) is 0 Å². The van der Waals surface area contributed by atoms with E-state index in [1.165, 1.54) is 16.9 Å². The van der Waals surface area contributed by atoms with E-state index in [2.05, 4.69) is 16.6 Å². The van der Waals surface area contributed by atoms with Gasteiger partial charge in [0.2, 0.25) is 0 Å². The Labute approximate surface area is 142 Å². The van der Waals surface area contributed by atoms with Crippen LogP contribution in [0.25, 0.3) is 10.1 Å². The highest BCUT2D eigenvalue weighted by atomic mass is 35.5. The third-order valence-corrected chi connectivity index (χ3v) is 5.67. The lowest BCUT2D eigenvalue weighted by atomic mass is 10.1. The smallest absolute Gasteiger partial charge is 0.266 e. The summed E-state index contributed by atoms with van der Waals surface area (Å²) >= 11 is 7.72. The quantitative estimate of drug-likeness (QED) is 0.679. The molecule has 0 atom stereocenters. The lowest BCUT2D eigenvalue weighted by molar-refractivity contribution is 0.0959. The molecule has 1 aliphatic carbocycles. The SMILES string of the molecule is O=C(N/N=C1\CCc2ccccc21)c1sc2ccccc2c1Cl. The van der Waals surface area contributed by atoms with Crippen LogP contribution in [0.15, 0.2) is 53.6 Å². The van der Waals surface area contributed by atoms with Crippen molar-refractivity contribution in [3.63, 3.8) is 0 Å². The molecule has 1 aromatic heterocycles. The second kappa shape index (κ2) is 5.80. The van der Waals surface area contributed by atoms with Crippen LogP contribution in [0.1, 0.15) is 27.2 Å². The first-order valence-electron chi connectivity index (χ1n) is 7.36. The van der Waals surface area contributed by atoms with Crippen molar-refractivity contribution in [2.75, 3.05) is 0 Å². The lowest BCUT2D eigenvalue weighted by Gasteiger charge is -2.01. The molecule has 5 heteroatoms. The molecule has 1 aliphatic rings. The average Bonchev–Trinajstić information content (AvgIpc) is 3.15. The zero-order valence-electron chi connectivity index (χ0n) is 12.2. The van der Waals surface area contributed by atoms with Crippen molar-refractivity contribution in [3.05, 3.63) is 69.6 Å². The molecule has 0 unspecified atom stereocenters. The number of hydrogen-bond donors (Lipinski definition) is 1. The molecule has 0 radical (unpaired) electrons. The summed E-state index contributed by atoms with van der Waals surface area (Å²) < 4.78 is 1.00. The molecule has 1 N–H and O–H groups in total. The number of nitrogens with zero attached hydrogens (tertiary/aromatic N) is 1. The van der Waals surface area contributed by atoms with Gasteiger partial charge in [-0.3, -0.25) is 4.79 Å². The van der Waals surface area contributed by atoms with Crippen LogP contribution < -0.4 is 5.43 Å². The summed E-state index contributed by atoms with van der Waals surface area (Å²) in [7, 11) is 0. The van der Waals surface area contributed by atoms with Gasteiger partial charge >= 0.3 is 0 Å². The van der Waals surface area contributed by atoms with Crippen LogP contribution in [-0.2, 0) is 6.42 Å². The van der Waals surface area contributed by atoms with Crippen molar-refractivity contribution in [3.8, 4) is 0 Å². The number of thiophene rings is 1. The average molecular weight is 341 g/mol. The molecule has 0 saturated heterocycles. The first-order valence-corrected chi connectivity index (χ1v) is 8.55. The fourth-order valence-corrected chi connectivity index (χ4v) is 4.26. The largest absolute Gasteiger partial charge is 0.283 e. The van der Waals surface area contributed by atoms with Crippen LogP contribution in [0, 0.1) is 0 Å². The molecular formula is C18H13ClN2OS. The summed E-state index contributed by atoms with van der Waals surface area (Å²) in [6, 6.07) is 15.9. The minimum Gasteiger partial charge on any atom is -0.266 e. The van der Waals surface area contributed by atoms with Gasteiger partial charge in [0, 0.05) is 15.6 Å². The molecule has 0 fully saturated rings. The number of rotatable bonds is 2. The number of fused-ring (bicyclic) bond motifs is 2. The second-order valence-electron chi connectivity index (χ2n) is 5.40. The minimum atomic E-state index is -0.256. The van der Waals surface area contributed by atoms with Gasteiger partial charge in [0.1, 0.15) is 4.88 Å². The van der Waals surface area contributed by atoms with E-state index in [0.717, 1.165) is 34.2 Å². The molecule has 3 aromatic rings. The predicted octanol–water partition coefficient (Wildman–Crippen LogP) is 4.64. The van der Waals surface area contributed by atoms with Gasteiger partial charge in [-0.15, -0.1) is 11.3 Å². The van der Waals surface area contributed by atoms with E-state index in [-0.39, 0.29) is 5.91 Å². The molecule has 2 aromatic carbocycles. The topological polar surface area (TPSA) is 41.5 Å². The summed E-state index contributed by atoms with van der Waals surface area (Å²) in [5.74, 6) is -0.256. The Balaban J connectivity index is 1.61. The fraction of sp³-hybridized carbons (Fsp3) is 0.111. The molecule has 0 bridgehead atoms. The third kappa shape index (κ3) is 2.54. The third-order valence-electron chi connectivity index (χ3n) is 3.99. The van der Waals surface area contributed by atoms with Crippen molar-refractivity contribution in [1.29, 1.82) is 0 Å². The summed E-state index contributed by atoms with van der Waals surface area (Å²) in [4.78, 5) is 12.9. The first kappa shape index (κ1) is 14.4. The minimum absolute atomic E-state index is 0.256. The van der Waals surface area contributed by atoms with Crippen LogP contribution in [0.2, 0.25) is 5.02 Å². The Hall–Kier alpha value is -2.17. The van der Waals surface area contributed by atoms with Gasteiger partial charge in [-0.1, -0.05) is 54.1 Å². The molecule has 114 valence electrons. The zero-order chi connectivity index (χ0) is 15.8. The Morgan fingerprint density at radius 1 is 1.09 bits per heavy atom. The fourth-order valence-electron chi connectivity index (χ4n) is 2.85. The van der Waals surface area contributed by atoms with Crippen molar-refractivity contribution in [2.24, 2.45) is 5.10 Å². The molecule has 23 heavy (non-hydrogen) atoms. The molecule has 1 amide bonds. The molecule has 0 aliphatic heterocycles. The van der Waals surface area contributed by atoms with Crippen molar-refractivity contribution in [2.45, 2.75) is 12.8 Å². The molecule has 4 rings (SSSR count). The summed E-state index contributed by atoms with van der Waals surface area (Å²) in [6.45, 7) is 0. The van der Waals surface area contributed by atoms with E-state index in [1.54, 1.807) is 0 Å². The summed E-state index contributed by atoms with van der Waals surface area (Å²) in [6.07, 6.45) is 1.81. The monoisotopic (exact) mass is 340 g/mol. The zero-order valence-corrected chi connectivity index (χ0v) is 13.7. The van der Waals surface area contributed by atoms with Gasteiger partial charge in [-0.05, 0) is 24.5 Å². The van der Waals surface area contributed by atoms with Gasteiger partial charge in [0.15, 0.2) is 0 Å². The van der Waals surface area contributed by atoms with E-state index in [4.69, 9.17) is 11.6 Å². The van der Waals surface area contributed by atoms with E-state index >= 15 is 0 Å². The Bertz CT molecular complexity index is 945. The number of hydrogen-bond acceptors (Lipinski definition) is 3. The maximum absolute atomic E-state index is 12.4. The van der Waals surface area contributed by atoms with Crippen molar-refractivity contribution in [1.82, 2.24) is 5.43 Å². The van der Waals surface area contributed by atoms with E-state index < -0.39 is 0 Å². The number of amides is 1. The van der Waals surface area contributed by atoms with Crippen molar-refractivity contribution >= 4 is 44.6 Å². The number of nitrogens with one attached hydrogen (secondary N) is 1. The number of benzene rings is 2. The van der Waals surface area contributed by atoms with Gasteiger partial charge in [-0.2, -0.15) is 5.10 Å². The second-order valence-corrected chi connectivity index (χ2v) is 6.83. The maximum Gasteiger partial charge on any atom is 0.283 e. The highest BCUT2D eigenvalue weighted by Crippen LogP contribution is 2.35. The predicted molar refractivity (Wildman–Crippen MR) is 95.6 cm³/mol. The number of carbonyl (C=O) groups is 1. The Kier molecular flexibility index (Phi) is 3.63. The van der Waals surface area contributed by atoms with Gasteiger partial charge in [0.05, 0.1) is 10.7 Å². The number of hydrazone groups is 1. The normalized spacial score (nSPS) is 15.1.